The van der Waals surface area contributed by atoms with Crippen LogP contribution in [0.4, 0.5) is 4.39 Å². The average molecular weight is 320 g/mol. The van der Waals surface area contributed by atoms with Crippen LogP contribution in [0.5, 0.6) is 0 Å². The number of rotatable bonds is 3. The van der Waals surface area contributed by atoms with Gasteiger partial charge in [-0.25, -0.2) is 4.39 Å². The van der Waals surface area contributed by atoms with E-state index in [1.807, 2.05) is 0 Å². The Labute approximate surface area is 133 Å². The van der Waals surface area contributed by atoms with E-state index in [1.165, 1.54) is 29.9 Å². The molecule has 0 bridgehead atoms. The smallest absolute Gasteiger partial charge is 0.305 e. The zero-order valence-electron chi connectivity index (χ0n) is 12.9. The second-order valence-electron chi connectivity index (χ2n) is 6.46. The van der Waals surface area contributed by atoms with Gasteiger partial charge in [0.1, 0.15) is 5.82 Å². The number of aromatic nitrogens is 1. The van der Waals surface area contributed by atoms with E-state index in [4.69, 9.17) is 0 Å². The van der Waals surface area contributed by atoms with E-state index in [-0.39, 0.29) is 10.7 Å². The van der Waals surface area contributed by atoms with Gasteiger partial charge in [0.25, 0.3) is 0 Å². The van der Waals surface area contributed by atoms with Gasteiger partial charge in [-0.1, -0.05) is 25.2 Å². The molecule has 3 rings (SSSR count). The monoisotopic (exact) mass is 320 g/mol. The van der Waals surface area contributed by atoms with Crippen LogP contribution in [0.1, 0.15) is 25.1 Å². The molecule has 2 aromatic rings. The maximum absolute atomic E-state index is 13.1. The predicted octanol–water partition coefficient (Wildman–Crippen LogP) is 3.72. The van der Waals surface area contributed by atoms with Gasteiger partial charge in [0, 0.05) is 24.5 Å². The Morgan fingerprint density at radius 1 is 1.23 bits per heavy atom. The summed E-state index contributed by atoms with van der Waals surface area (Å²) >= 11 is 1.26. The first-order chi connectivity index (χ1) is 10.5. The molecule has 1 fully saturated rings. The highest BCUT2D eigenvalue weighted by Gasteiger charge is 2.23. The molecule has 3 nitrogen and oxygen atoms in total. The molecule has 0 saturated carbocycles. The van der Waals surface area contributed by atoms with Gasteiger partial charge in [-0.05, 0) is 48.1 Å². The van der Waals surface area contributed by atoms with Crippen molar-refractivity contribution in [1.29, 1.82) is 0 Å². The summed E-state index contributed by atoms with van der Waals surface area (Å²) in [5, 5.41) is 0. The first-order valence-corrected chi connectivity index (χ1v) is 8.53. The fourth-order valence-corrected chi connectivity index (χ4v) is 4.34. The lowest BCUT2D eigenvalue weighted by molar-refractivity contribution is 0.135. The van der Waals surface area contributed by atoms with Gasteiger partial charge in [-0.3, -0.25) is 9.69 Å². The molecule has 2 heterocycles. The lowest BCUT2D eigenvalue weighted by Crippen LogP contribution is -2.38. The third kappa shape index (κ3) is 3.47. The standard InChI is InChI=1S/C17H21FN2OS/c1-11-7-12(2)9-20(8-11)10-15-16(19-17(21)22-15)13-3-5-14(18)6-4-13/h3-6,11-12H,7-10H2,1-2H3,(H,19,21). The zero-order chi connectivity index (χ0) is 15.7. The average Bonchev–Trinajstić information content (AvgIpc) is 2.79. The lowest BCUT2D eigenvalue weighted by Gasteiger charge is -2.34. The Morgan fingerprint density at radius 3 is 2.50 bits per heavy atom. The van der Waals surface area contributed by atoms with Crippen molar-refractivity contribution in [2.75, 3.05) is 13.1 Å². The number of hydrogen-bond donors (Lipinski definition) is 1. The van der Waals surface area contributed by atoms with Crippen molar-refractivity contribution in [2.24, 2.45) is 11.8 Å². The fourth-order valence-electron chi connectivity index (χ4n) is 3.45. The number of nitrogens with one attached hydrogen (secondary N) is 1. The largest absolute Gasteiger partial charge is 0.312 e. The van der Waals surface area contributed by atoms with Gasteiger partial charge in [-0.15, -0.1) is 0 Å². The molecule has 1 aliphatic rings. The van der Waals surface area contributed by atoms with Crippen molar-refractivity contribution < 1.29 is 4.39 Å². The van der Waals surface area contributed by atoms with Crippen molar-refractivity contribution >= 4 is 11.3 Å². The molecule has 1 saturated heterocycles. The molecular formula is C17H21FN2OS. The number of H-pyrrole nitrogens is 1. The molecule has 1 N–H and O–H groups in total. The van der Waals surface area contributed by atoms with Crippen molar-refractivity contribution in [3.8, 4) is 11.3 Å². The Hall–Kier alpha value is -1.46. The van der Waals surface area contributed by atoms with Crippen molar-refractivity contribution in [3.05, 3.63) is 44.6 Å². The molecule has 5 heteroatoms. The van der Waals surface area contributed by atoms with E-state index in [2.05, 4.69) is 23.7 Å². The van der Waals surface area contributed by atoms with Crippen LogP contribution in [0.25, 0.3) is 11.3 Å². The maximum atomic E-state index is 13.1. The van der Waals surface area contributed by atoms with Crippen LogP contribution in [0.15, 0.2) is 29.1 Å². The highest BCUT2D eigenvalue weighted by molar-refractivity contribution is 7.09. The highest BCUT2D eigenvalue weighted by atomic mass is 32.1. The molecule has 0 aliphatic carbocycles. The number of halogens is 1. The number of nitrogens with zero attached hydrogens (tertiary/aromatic N) is 1. The molecular weight excluding hydrogens is 299 g/mol. The lowest BCUT2D eigenvalue weighted by atomic mass is 9.92. The molecule has 1 aliphatic heterocycles. The summed E-state index contributed by atoms with van der Waals surface area (Å²) in [5.74, 6) is 1.11. The van der Waals surface area contributed by atoms with E-state index in [9.17, 15) is 9.18 Å². The predicted molar refractivity (Wildman–Crippen MR) is 88.6 cm³/mol. The minimum absolute atomic E-state index is 0.0487. The Balaban J connectivity index is 1.85. The number of piperidine rings is 1. The second-order valence-corrected chi connectivity index (χ2v) is 7.53. The zero-order valence-corrected chi connectivity index (χ0v) is 13.8. The minimum atomic E-state index is -0.262. The summed E-state index contributed by atoms with van der Waals surface area (Å²) in [5.41, 5.74) is 1.70. The molecule has 22 heavy (non-hydrogen) atoms. The molecule has 2 unspecified atom stereocenters. The number of likely N-dealkylation sites (tertiary alicyclic amines) is 1. The Kier molecular flexibility index (Phi) is 4.45. The van der Waals surface area contributed by atoms with Crippen LogP contribution in [0.3, 0.4) is 0 Å². The maximum Gasteiger partial charge on any atom is 0.305 e. The molecule has 0 spiro atoms. The third-order valence-corrected chi connectivity index (χ3v) is 5.03. The van der Waals surface area contributed by atoms with Crippen molar-refractivity contribution in [3.63, 3.8) is 0 Å². The second kappa shape index (κ2) is 6.34. The highest BCUT2D eigenvalue weighted by Crippen LogP contribution is 2.28. The van der Waals surface area contributed by atoms with Gasteiger partial charge < -0.3 is 4.98 Å². The Bertz CT molecular complexity index is 681. The van der Waals surface area contributed by atoms with Crippen molar-refractivity contribution in [1.82, 2.24) is 9.88 Å². The summed E-state index contributed by atoms with van der Waals surface area (Å²) in [6, 6.07) is 6.30. The summed E-state index contributed by atoms with van der Waals surface area (Å²) in [4.78, 5) is 18.1. The molecule has 1 aromatic heterocycles. The summed E-state index contributed by atoms with van der Waals surface area (Å²) in [6.45, 7) is 7.48. The molecule has 0 radical (unpaired) electrons. The van der Waals surface area contributed by atoms with E-state index in [0.29, 0.717) is 11.8 Å². The normalized spacial score (nSPS) is 22.9. The first kappa shape index (κ1) is 15.4. The minimum Gasteiger partial charge on any atom is -0.312 e. The quantitative estimate of drug-likeness (QED) is 0.935. The van der Waals surface area contributed by atoms with E-state index in [0.717, 1.165) is 35.8 Å². The van der Waals surface area contributed by atoms with Crippen molar-refractivity contribution in [2.45, 2.75) is 26.8 Å². The van der Waals surface area contributed by atoms with Crippen LogP contribution < -0.4 is 4.87 Å². The van der Waals surface area contributed by atoms with Crippen LogP contribution in [0.2, 0.25) is 0 Å². The third-order valence-electron chi connectivity index (χ3n) is 4.17. The van der Waals surface area contributed by atoms with Crippen LogP contribution >= 0.6 is 11.3 Å². The van der Waals surface area contributed by atoms with Gasteiger partial charge in [0.15, 0.2) is 0 Å². The van der Waals surface area contributed by atoms with E-state index in [1.54, 1.807) is 12.1 Å². The van der Waals surface area contributed by atoms with Gasteiger partial charge in [0.2, 0.25) is 0 Å². The van der Waals surface area contributed by atoms with Crippen LogP contribution in [-0.2, 0) is 6.54 Å². The van der Waals surface area contributed by atoms with Crippen LogP contribution in [-0.4, -0.2) is 23.0 Å². The first-order valence-electron chi connectivity index (χ1n) is 7.71. The van der Waals surface area contributed by atoms with Gasteiger partial charge in [-0.2, -0.15) is 0 Å². The fraction of sp³-hybridized carbons (Fsp3) is 0.471. The summed E-state index contributed by atoms with van der Waals surface area (Å²) in [7, 11) is 0. The van der Waals surface area contributed by atoms with E-state index >= 15 is 0 Å². The van der Waals surface area contributed by atoms with Gasteiger partial charge >= 0.3 is 4.87 Å². The van der Waals surface area contributed by atoms with E-state index < -0.39 is 0 Å². The molecule has 2 atom stereocenters. The number of benzene rings is 1. The number of thiazole rings is 1. The number of aromatic amines is 1. The Morgan fingerprint density at radius 2 is 1.86 bits per heavy atom. The van der Waals surface area contributed by atoms with Crippen LogP contribution in [0, 0.1) is 17.7 Å². The summed E-state index contributed by atoms with van der Waals surface area (Å²) < 4.78 is 13.1. The molecule has 118 valence electrons. The molecule has 1 aromatic carbocycles. The molecule has 0 amide bonds. The van der Waals surface area contributed by atoms with Gasteiger partial charge in [0.05, 0.1) is 5.69 Å². The summed E-state index contributed by atoms with van der Waals surface area (Å²) in [6.07, 6.45) is 1.27. The number of hydrogen-bond acceptors (Lipinski definition) is 3. The SMILES string of the molecule is CC1CC(C)CN(Cc2sc(=O)[nH]c2-c2ccc(F)cc2)C1. The topological polar surface area (TPSA) is 36.1 Å².